The fourth-order valence-corrected chi connectivity index (χ4v) is 2.25. The van der Waals surface area contributed by atoms with E-state index in [0.717, 1.165) is 0 Å². The lowest BCUT2D eigenvalue weighted by Gasteiger charge is -2.20. The molecule has 6 nitrogen and oxygen atoms in total. The number of anilines is 1. The SMILES string of the molecule is CC(C)C[C@H](NC(=O)Nc1ccc(Br)cc1F)C(=O)NCCO. The number of hydrogen-bond donors (Lipinski definition) is 4. The molecule has 0 aliphatic carbocycles. The highest BCUT2D eigenvalue weighted by atomic mass is 79.9. The quantitative estimate of drug-likeness (QED) is 0.576. The Balaban J connectivity index is 2.70. The zero-order valence-electron chi connectivity index (χ0n) is 13.0. The van der Waals surface area contributed by atoms with E-state index in [0.29, 0.717) is 10.9 Å². The van der Waals surface area contributed by atoms with Crippen LogP contribution in [-0.2, 0) is 4.79 Å². The summed E-state index contributed by atoms with van der Waals surface area (Å²) >= 11 is 3.13. The first-order valence-corrected chi connectivity index (χ1v) is 8.04. The van der Waals surface area contributed by atoms with Crippen molar-refractivity contribution in [2.24, 2.45) is 5.92 Å². The number of carbonyl (C=O) groups excluding carboxylic acids is 2. The predicted octanol–water partition coefficient (Wildman–Crippen LogP) is 2.23. The van der Waals surface area contributed by atoms with E-state index in [9.17, 15) is 14.0 Å². The maximum absolute atomic E-state index is 13.7. The topological polar surface area (TPSA) is 90.5 Å². The smallest absolute Gasteiger partial charge is 0.319 e. The highest BCUT2D eigenvalue weighted by molar-refractivity contribution is 9.10. The van der Waals surface area contributed by atoms with Gasteiger partial charge in [-0.1, -0.05) is 29.8 Å². The van der Waals surface area contributed by atoms with Crippen LogP contribution in [0.2, 0.25) is 0 Å². The molecule has 0 saturated heterocycles. The number of urea groups is 1. The van der Waals surface area contributed by atoms with Crippen molar-refractivity contribution in [1.82, 2.24) is 10.6 Å². The highest BCUT2D eigenvalue weighted by Crippen LogP contribution is 2.19. The van der Waals surface area contributed by atoms with Gasteiger partial charge in [0.15, 0.2) is 0 Å². The van der Waals surface area contributed by atoms with Gasteiger partial charge >= 0.3 is 6.03 Å². The van der Waals surface area contributed by atoms with Crippen LogP contribution in [0.1, 0.15) is 20.3 Å². The molecule has 8 heteroatoms. The van der Waals surface area contributed by atoms with Crippen molar-refractivity contribution in [2.75, 3.05) is 18.5 Å². The fourth-order valence-electron chi connectivity index (χ4n) is 1.91. The van der Waals surface area contributed by atoms with E-state index in [2.05, 4.69) is 31.9 Å². The van der Waals surface area contributed by atoms with E-state index in [4.69, 9.17) is 5.11 Å². The van der Waals surface area contributed by atoms with Crippen LogP contribution in [0, 0.1) is 11.7 Å². The zero-order valence-corrected chi connectivity index (χ0v) is 14.6. The molecule has 0 unspecified atom stereocenters. The second-order valence-corrected chi connectivity index (χ2v) is 6.34. The van der Waals surface area contributed by atoms with Crippen LogP contribution in [0.25, 0.3) is 0 Å². The normalized spacial score (nSPS) is 11.9. The van der Waals surface area contributed by atoms with Gasteiger partial charge < -0.3 is 21.1 Å². The molecule has 0 spiro atoms. The fraction of sp³-hybridized carbons (Fsp3) is 0.467. The second-order valence-electron chi connectivity index (χ2n) is 5.42. The van der Waals surface area contributed by atoms with Crippen molar-refractivity contribution < 1.29 is 19.1 Å². The van der Waals surface area contributed by atoms with E-state index in [-0.39, 0.29) is 30.7 Å². The van der Waals surface area contributed by atoms with Gasteiger partial charge in [0, 0.05) is 11.0 Å². The van der Waals surface area contributed by atoms with Crippen LogP contribution in [0.3, 0.4) is 0 Å². The molecule has 1 aromatic rings. The molecule has 0 radical (unpaired) electrons. The first kappa shape index (κ1) is 19.4. The second kappa shape index (κ2) is 9.46. The van der Waals surface area contributed by atoms with Crippen LogP contribution in [0.4, 0.5) is 14.9 Å². The first-order valence-electron chi connectivity index (χ1n) is 7.24. The highest BCUT2D eigenvalue weighted by Gasteiger charge is 2.22. The van der Waals surface area contributed by atoms with Gasteiger partial charge in [0.05, 0.1) is 12.3 Å². The van der Waals surface area contributed by atoms with Crippen LogP contribution in [0.5, 0.6) is 0 Å². The van der Waals surface area contributed by atoms with Crippen LogP contribution in [-0.4, -0.2) is 36.2 Å². The Kier molecular flexibility index (Phi) is 7.97. The molecule has 128 valence electrons. The Bertz CT molecular complexity index is 555. The Morgan fingerprint density at radius 2 is 2.04 bits per heavy atom. The molecule has 0 aromatic heterocycles. The number of rotatable bonds is 7. The molecule has 1 aromatic carbocycles. The van der Waals surface area contributed by atoms with Crippen molar-refractivity contribution in [1.29, 1.82) is 0 Å². The number of nitrogens with one attached hydrogen (secondary N) is 3. The molecule has 3 amide bonds. The number of aliphatic hydroxyl groups excluding tert-OH is 1. The van der Waals surface area contributed by atoms with Crippen LogP contribution >= 0.6 is 15.9 Å². The molecule has 4 N–H and O–H groups in total. The van der Waals surface area contributed by atoms with Gasteiger partial charge in [-0.2, -0.15) is 0 Å². The van der Waals surface area contributed by atoms with Crippen LogP contribution in [0.15, 0.2) is 22.7 Å². The molecular weight excluding hydrogens is 369 g/mol. The molecule has 23 heavy (non-hydrogen) atoms. The molecule has 0 saturated carbocycles. The van der Waals surface area contributed by atoms with Gasteiger partial charge in [0.2, 0.25) is 5.91 Å². The van der Waals surface area contributed by atoms with Crippen molar-refractivity contribution in [3.05, 3.63) is 28.5 Å². The van der Waals surface area contributed by atoms with Crippen LogP contribution < -0.4 is 16.0 Å². The third-order valence-electron chi connectivity index (χ3n) is 2.92. The summed E-state index contributed by atoms with van der Waals surface area (Å²) in [5.74, 6) is -0.802. The third kappa shape index (κ3) is 6.96. The summed E-state index contributed by atoms with van der Waals surface area (Å²) in [7, 11) is 0. The minimum Gasteiger partial charge on any atom is -0.395 e. The molecule has 1 atom stereocenters. The van der Waals surface area contributed by atoms with E-state index in [1.165, 1.54) is 12.1 Å². The van der Waals surface area contributed by atoms with Gasteiger partial charge in [-0.15, -0.1) is 0 Å². The van der Waals surface area contributed by atoms with Crippen molar-refractivity contribution in [2.45, 2.75) is 26.3 Å². The minimum atomic E-state index is -0.764. The standard InChI is InChI=1S/C15H21BrFN3O3/c1-9(2)7-13(14(22)18-5-6-21)20-15(23)19-12-4-3-10(16)8-11(12)17/h3-4,8-9,13,21H,5-7H2,1-2H3,(H,18,22)(H2,19,20,23)/t13-/m0/s1. The van der Waals surface area contributed by atoms with Gasteiger partial charge in [-0.3, -0.25) is 4.79 Å². The summed E-state index contributed by atoms with van der Waals surface area (Å²) in [5.41, 5.74) is 0.0183. The molecule has 0 aliphatic heterocycles. The Morgan fingerprint density at radius 3 is 2.61 bits per heavy atom. The Morgan fingerprint density at radius 1 is 1.35 bits per heavy atom. The maximum atomic E-state index is 13.7. The summed E-state index contributed by atoms with van der Waals surface area (Å²) in [4.78, 5) is 24.0. The number of hydrogen-bond acceptors (Lipinski definition) is 3. The number of benzene rings is 1. The number of carbonyl (C=O) groups is 2. The Hall–Kier alpha value is -1.67. The van der Waals surface area contributed by atoms with E-state index < -0.39 is 17.9 Å². The molecule has 0 fully saturated rings. The molecule has 0 heterocycles. The first-order chi connectivity index (χ1) is 10.8. The summed E-state index contributed by atoms with van der Waals surface area (Å²) in [6.07, 6.45) is 0.424. The lowest BCUT2D eigenvalue weighted by atomic mass is 10.0. The molecule has 1 rings (SSSR count). The largest absolute Gasteiger partial charge is 0.395 e. The number of amides is 3. The summed E-state index contributed by atoms with van der Waals surface area (Å²) in [6, 6.07) is 2.81. The zero-order chi connectivity index (χ0) is 17.4. The van der Waals surface area contributed by atoms with Gasteiger partial charge in [-0.05, 0) is 30.5 Å². The van der Waals surface area contributed by atoms with E-state index in [1.54, 1.807) is 6.07 Å². The lowest BCUT2D eigenvalue weighted by Crippen LogP contribution is -2.49. The third-order valence-corrected chi connectivity index (χ3v) is 3.41. The molecule has 0 aliphatic rings. The van der Waals surface area contributed by atoms with Gasteiger partial charge in [-0.25, -0.2) is 9.18 Å². The maximum Gasteiger partial charge on any atom is 0.319 e. The minimum absolute atomic E-state index is 0.0183. The van der Waals surface area contributed by atoms with E-state index in [1.807, 2.05) is 13.8 Å². The number of halogens is 2. The lowest BCUT2D eigenvalue weighted by molar-refractivity contribution is -0.123. The van der Waals surface area contributed by atoms with Crippen molar-refractivity contribution >= 4 is 33.6 Å². The predicted molar refractivity (Wildman–Crippen MR) is 89.6 cm³/mol. The average molecular weight is 390 g/mol. The van der Waals surface area contributed by atoms with Crippen molar-refractivity contribution in [3.63, 3.8) is 0 Å². The summed E-state index contributed by atoms with van der Waals surface area (Å²) in [5, 5.41) is 16.2. The molecule has 0 bridgehead atoms. The van der Waals surface area contributed by atoms with Crippen molar-refractivity contribution in [3.8, 4) is 0 Å². The number of aliphatic hydroxyl groups is 1. The Labute approximate surface area is 143 Å². The molecular formula is C15H21BrFN3O3. The van der Waals surface area contributed by atoms with E-state index >= 15 is 0 Å². The van der Waals surface area contributed by atoms with Gasteiger partial charge in [0.25, 0.3) is 0 Å². The average Bonchev–Trinajstić information content (AvgIpc) is 2.46. The summed E-state index contributed by atoms with van der Waals surface area (Å²) < 4.78 is 14.3. The summed E-state index contributed by atoms with van der Waals surface area (Å²) in [6.45, 7) is 3.76. The van der Waals surface area contributed by atoms with Gasteiger partial charge in [0.1, 0.15) is 11.9 Å². The monoisotopic (exact) mass is 389 g/mol.